The molecule has 0 saturated carbocycles. The van der Waals surface area contributed by atoms with Crippen molar-refractivity contribution >= 4 is 45.1 Å². The number of hydrogen-bond donors (Lipinski definition) is 0. The topological polar surface area (TPSA) is 17.1 Å². The van der Waals surface area contributed by atoms with Gasteiger partial charge in [-0.25, -0.2) is 0 Å². The number of rotatable bonds is 4. The van der Waals surface area contributed by atoms with Crippen molar-refractivity contribution < 1.29 is 4.79 Å². The molecule has 0 heterocycles. The number of benzene rings is 1. The highest BCUT2D eigenvalue weighted by Gasteiger charge is 2.17. The molecule has 1 atom stereocenters. The number of halogens is 2. The van der Waals surface area contributed by atoms with Crippen LogP contribution in [0.25, 0.3) is 0 Å². The average Bonchev–Trinajstić information content (AvgIpc) is 2.26. The molecule has 82 valence electrons. The Balaban J connectivity index is 3.23. The lowest BCUT2D eigenvalue weighted by Crippen LogP contribution is -2.12. The van der Waals surface area contributed by atoms with E-state index in [1.54, 1.807) is 18.7 Å². The summed E-state index contributed by atoms with van der Waals surface area (Å²) in [6.45, 7) is 1.70. The molecule has 0 radical (unpaired) electrons. The fourth-order valence-electron chi connectivity index (χ4n) is 1.34. The lowest BCUT2D eigenvalue weighted by atomic mass is 10.1. The minimum Gasteiger partial charge on any atom is -0.292 e. The Labute approximate surface area is 108 Å². The maximum atomic E-state index is 11.8. The number of hydrogen-bond acceptors (Lipinski definition) is 2. The molecule has 0 saturated heterocycles. The molecule has 1 unspecified atom stereocenters. The summed E-state index contributed by atoms with van der Waals surface area (Å²) in [5.41, 5.74) is 1.85. The number of carbonyl (C=O) groups is 1. The monoisotopic (exact) mass is 306 g/mol. The number of alkyl halides is 2. The molecule has 1 rings (SSSR count). The van der Waals surface area contributed by atoms with Crippen molar-refractivity contribution in [2.45, 2.75) is 22.5 Å². The summed E-state index contributed by atoms with van der Waals surface area (Å²) in [5.74, 6) is -0.0104. The van der Waals surface area contributed by atoms with Gasteiger partial charge in [0.05, 0.1) is 5.38 Å². The summed E-state index contributed by atoms with van der Waals surface area (Å²) in [5, 5.41) is 0.280. The van der Waals surface area contributed by atoms with E-state index >= 15 is 0 Å². The fraction of sp³-hybridized carbons (Fsp3) is 0.364. The van der Waals surface area contributed by atoms with Gasteiger partial charge in [0.1, 0.15) is 0 Å². The molecule has 0 fully saturated rings. The van der Waals surface area contributed by atoms with Crippen molar-refractivity contribution in [3.8, 4) is 0 Å². The van der Waals surface area contributed by atoms with Crippen LogP contribution in [0, 0.1) is 0 Å². The zero-order valence-corrected chi connectivity index (χ0v) is 11.7. The van der Waals surface area contributed by atoms with Crippen molar-refractivity contribution in [1.29, 1.82) is 0 Å². The molecule has 0 spiro atoms. The second kappa shape index (κ2) is 5.92. The summed E-state index contributed by atoms with van der Waals surface area (Å²) in [6.07, 6.45) is 1.97. The maximum Gasteiger partial charge on any atom is 0.181 e. The van der Waals surface area contributed by atoms with E-state index in [0.29, 0.717) is 0 Å². The number of Topliss-reactive ketones (excluding diaryl/α,β-unsaturated/α-hetero) is 1. The van der Waals surface area contributed by atoms with Crippen LogP contribution in [0.2, 0.25) is 0 Å². The molecule has 4 heteroatoms. The highest BCUT2D eigenvalue weighted by molar-refractivity contribution is 9.08. The van der Waals surface area contributed by atoms with Crippen LogP contribution >= 0.6 is 39.3 Å². The minimum atomic E-state index is -0.471. The summed E-state index contributed by atoms with van der Waals surface area (Å²) in [7, 11) is 0. The second-order valence-corrected chi connectivity index (χ2v) is 5.14. The quantitative estimate of drug-likeness (QED) is 0.473. The Hall–Kier alpha value is 0.01000. The molecular weight excluding hydrogens is 296 g/mol. The fourth-order valence-corrected chi connectivity index (χ4v) is 2.90. The molecule has 1 nitrogen and oxygen atoms in total. The molecule has 0 bridgehead atoms. The molecule has 0 N–H and O–H groups in total. The third-order valence-electron chi connectivity index (χ3n) is 2.07. The first-order valence-electron chi connectivity index (χ1n) is 4.52. The Kier molecular flexibility index (Phi) is 5.16. The van der Waals surface area contributed by atoms with E-state index < -0.39 is 5.38 Å². The number of ketones is 1. The molecule has 0 aliphatic rings. The maximum absolute atomic E-state index is 11.8. The van der Waals surface area contributed by atoms with Crippen LogP contribution in [0.4, 0.5) is 0 Å². The standard InChI is InChI=1S/C11H12BrClOS/c1-7(13)10(14)9-5-3-4-8(6-12)11(9)15-2/h3-5,7H,6H2,1-2H3. The van der Waals surface area contributed by atoms with Crippen molar-refractivity contribution in [1.82, 2.24) is 0 Å². The molecule has 1 aromatic carbocycles. The number of thioether (sulfide) groups is 1. The Morgan fingerprint density at radius 3 is 2.73 bits per heavy atom. The van der Waals surface area contributed by atoms with E-state index in [9.17, 15) is 4.79 Å². The normalized spacial score (nSPS) is 12.5. The molecule has 1 aromatic rings. The van der Waals surface area contributed by atoms with Crippen molar-refractivity contribution in [3.05, 3.63) is 29.3 Å². The highest BCUT2D eigenvalue weighted by Crippen LogP contribution is 2.28. The summed E-state index contributed by atoms with van der Waals surface area (Å²) in [4.78, 5) is 12.9. The summed E-state index contributed by atoms with van der Waals surface area (Å²) in [6, 6.07) is 5.73. The summed E-state index contributed by atoms with van der Waals surface area (Å²) < 4.78 is 0. The Morgan fingerprint density at radius 2 is 2.27 bits per heavy atom. The first kappa shape index (κ1) is 13.1. The van der Waals surface area contributed by atoms with E-state index in [4.69, 9.17) is 11.6 Å². The van der Waals surface area contributed by atoms with Gasteiger partial charge in [-0.15, -0.1) is 23.4 Å². The van der Waals surface area contributed by atoms with Gasteiger partial charge in [-0.1, -0.05) is 34.1 Å². The van der Waals surface area contributed by atoms with Crippen LogP contribution in [0.5, 0.6) is 0 Å². The van der Waals surface area contributed by atoms with Crippen LogP contribution in [-0.2, 0) is 5.33 Å². The van der Waals surface area contributed by atoms with Gasteiger partial charge in [-0.2, -0.15) is 0 Å². The van der Waals surface area contributed by atoms with Gasteiger partial charge in [0.2, 0.25) is 0 Å². The lowest BCUT2D eigenvalue weighted by molar-refractivity contribution is 0.0989. The van der Waals surface area contributed by atoms with Gasteiger partial charge in [-0.3, -0.25) is 4.79 Å². The van der Waals surface area contributed by atoms with Gasteiger partial charge in [0, 0.05) is 15.8 Å². The van der Waals surface area contributed by atoms with E-state index in [1.165, 1.54) is 0 Å². The third-order valence-corrected chi connectivity index (χ3v) is 3.76. The second-order valence-electron chi connectivity index (χ2n) is 3.11. The van der Waals surface area contributed by atoms with Crippen LogP contribution in [0.3, 0.4) is 0 Å². The Bertz CT molecular complexity index is 366. The Morgan fingerprint density at radius 1 is 1.60 bits per heavy atom. The molecule has 0 aliphatic carbocycles. The molecular formula is C11H12BrClOS. The van der Waals surface area contributed by atoms with Crippen molar-refractivity contribution in [3.63, 3.8) is 0 Å². The van der Waals surface area contributed by atoms with Gasteiger partial charge in [0.25, 0.3) is 0 Å². The zero-order valence-electron chi connectivity index (χ0n) is 8.59. The highest BCUT2D eigenvalue weighted by atomic mass is 79.9. The van der Waals surface area contributed by atoms with Gasteiger partial charge >= 0.3 is 0 Å². The molecule has 0 amide bonds. The minimum absolute atomic E-state index is 0.0104. The van der Waals surface area contributed by atoms with Crippen LogP contribution in [-0.4, -0.2) is 17.4 Å². The molecule has 15 heavy (non-hydrogen) atoms. The SMILES string of the molecule is CSc1c(CBr)cccc1C(=O)C(C)Cl. The summed E-state index contributed by atoms with van der Waals surface area (Å²) >= 11 is 10.8. The van der Waals surface area contributed by atoms with Crippen LogP contribution in [0.1, 0.15) is 22.8 Å². The predicted molar refractivity (Wildman–Crippen MR) is 70.5 cm³/mol. The molecule has 0 aliphatic heterocycles. The van der Waals surface area contributed by atoms with Gasteiger partial charge < -0.3 is 0 Å². The van der Waals surface area contributed by atoms with Crippen LogP contribution in [0.15, 0.2) is 23.1 Å². The first-order valence-corrected chi connectivity index (χ1v) is 7.30. The van der Waals surface area contributed by atoms with E-state index in [2.05, 4.69) is 15.9 Å². The van der Waals surface area contributed by atoms with Crippen molar-refractivity contribution in [2.24, 2.45) is 0 Å². The van der Waals surface area contributed by atoms with Gasteiger partial charge in [-0.05, 0) is 18.7 Å². The zero-order chi connectivity index (χ0) is 11.4. The van der Waals surface area contributed by atoms with Crippen LogP contribution < -0.4 is 0 Å². The van der Waals surface area contributed by atoms with Crippen molar-refractivity contribution in [2.75, 3.05) is 6.26 Å². The number of carbonyl (C=O) groups excluding carboxylic acids is 1. The first-order chi connectivity index (χ1) is 7.11. The average molecular weight is 308 g/mol. The van der Waals surface area contributed by atoms with E-state index in [1.807, 2.05) is 24.5 Å². The van der Waals surface area contributed by atoms with E-state index in [0.717, 1.165) is 21.4 Å². The van der Waals surface area contributed by atoms with E-state index in [-0.39, 0.29) is 5.78 Å². The third kappa shape index (κ3) is 2.99. The largest absolute Gasteiger partial charge is 0.292 e. The smallest absolute Gasteiger partial charge is 0.181 e. The lowest BCUT2D eigenvalue weighted by Gasteiger charge is -2.11. The predicted octanol–water partition coefficient (Wildman–Crippen LogP) is 4.11. The molecule has 0 aromatic heterocycles. The van der Waals surface area contributed by atoms with Gasteiger partial charge in [0.15, 0.2) is 5.78 Å².